The Balaban J connectivity index is 1.35. The van der Waals surface area contributed by atoms with Crippen molar-refractivity contribution < 1.29 is 0 Å². The molecule has 3 heterocycles. The standard InChI is InChI=1S/C33H21N3/c1-2-7-22(8-3-1)29-17-15-23-13-14-24-16-18-30(36-33(24)32(23)35-29)26-11-6-12-27(19-26)31-20-25-9-4-5-10-28(25)21-34-31/h1-21H. The fraction of sp³-hybridized carbons (Fsp3) is 0. The molecule has 0 atom stereocenters. The first-order valence-electron chi connectivity index (χ1n) is 12.0. The van der Waals surface area contributed by atoms with Crippen molar-refractivity contribution in [2.24, 2.45) is 0 Å². The number of rotatable bonds is 3. The van der Waals surface area contributed by atoms with Gasteiger partial charge in [-0.1, -0.05) is 97.1 Å². The van der Waals surface area contributed by atoms with Crippen LogP contribution < -0.4 is 0 Å². The maximum atomic E-state index is 5.11. The third kappa shape index (κ3) is 3.58. The topological polar surface area (TPSA) is 38.7 Å². The summed E-state index contributed by atoms with van der Waals surface area (Å²) in [6.07, 6.45) is 1.94. The molecule has 0 spiro atoms. The lowest BCUT2D eigenvalue weighted by atomic mass is 10.0. The summed E-state index contributed by atoms with van der Waals surface area (Å²) in [5.74, 6) is 0. The monoisotopic (exact) mass is 459 g/mol. The van der Waals surface area contributed by atoms with Gasteiger partial charge in [0.2, 0.25) is 0 Å². The lowest BCUT2D eigenvalue weighted by Gasteiger charge is -2.09. The van der Waals surface area contributed by atoms with Crippen LogP contribution in [0.1, 0.15) is 0 Å². The molecular formula is C33H21N3. The molecule has 0 radical (unpaired) electrons. The highest BCUT2D eigenvalue weighted by atomic mass is 14.8. The summed E-state index contributed by atoms with van der Waals surface area (Å²) >= 11 is 0. The first-order valence-corrected chi connectivity index (χ1v) is 12.0. The van der Waals surface area contributed by atoms with Gasteiger partial charge in [0.05, 0.1) is 28.1 Å². The Morgan fingerprint density at radius 1 is 0.361 bits per heavy atom. The summed E-state index contributed by atoms with van der Waals surface area (Å²) in [5, 5.41) is 4.49. The van der Waals surface area contributed by atoms with Gasteiger partial charge in [-0.3, -0.25) is 4.98 Å². The summed E-state index contributed by atoms with van der Waals surface area (Å²) < 4.78 is 0. The fourth-order valence-electron chi connectivity index (χ4n) is 4.78. The largest absolute Gasteiger partial charge is 0.256 e. The van der Waals surface area contributed by atoms with Crippen LogP contribution in [0.5, 0.6) is 0 Å². The number of hydrogen-bond donors (Lipinski definition) is 0. The molecule has 3 nitrogen and oxygen atoms in total. The van der Waals surface area contributed by atoms with E-state index in [1.54, 1.807) is 0 Å². The summed E-state index contributed by atoms with van der Waals surface area (Å²) in [4.78, 5) is 14.9. The predicted octanol–water partition coefficient (Wildman–Crippen LogP) is 8.33. The van der Waals surface area contributed by atoms with Gasteiger partial charge in [0.15, 0.2) is 0 Å². The van der Waals surface area contributed by atoms with Crippen LogP contribution in [-0.4, -0.2) is 15.0 Å². The van der Waals surface area contributed by atoms with Crippen LogP contribution in [0.3, 0.4) is 0 Å². The van der Waals surface area contributed by atoms with E-state index >= 15 is 0 Å². The second-order valence-electron chi connectivity index (χ2n) is 8.97. The zero-order valence-electron chi connectivity index (χ0n) is 19.5. The van der Waals surface area contributed by atoms with Crippen LogP contribution >= 0.6 is 0 Å². The Labute approximate surface area is 208 Å². The molecule has 7 rings (SSSR count). The lowest BCUT2D eigenvalue weighted by molar-refractivity contribution is 1.35. The minimum atomic E-state index is 0.914. The van der Waals surface area contributed by atoms with Crippen molar-refractivity contribution in [3.05, 3.63) is 128 Å². The average Bonchev–Trinajstić information content (AvgIpc) is 2.97. The summed E-state index contributed by atoms with van der Waals surface area (Å²) in [6, 6.07) is 41.8. The molecule has 3 heteroatoms. The molecule has 0 N–H and O–H groups in total. The van der Waals surface area contributed by atoms with Gasteiger partial charge in [-0.25, -0.2) is 9.97 Å². The normalized spacial score (nSPS) is 11.3. The van der Waals surface area contributed by atoms with E-state index in [4.69, 9.17) is 15.0 Å². The van der Waals surface area contributed by atoms with Crippen molar-refractivity contribution in [3.63, 3.8) is 0 Å². The molecule has 168 valence electrons. The zero-order valence-corrected chi connectivity index (χ0v) is 19.5. The number of aromatic nitrogens is 3. The van der Waals surface area contributed by atoms with Crippen LogP contribution in [0.15, 0.2) is 128 Å². The number of pyridine rings is 3. The second-order valence-corrected chi connectivity index (χ2v) is 8.97. The molecule has 7 aromatic rings. The van der Waals surface area contributed by atoms with E-state index in [2.05, 4.69) is 97.1 Å². The smallest absolute Gasteiger partial charge is 0.0972 e. The third-order valence-electron chi connectivity index (χ3n) is 6.67. The van der Waals surface area contributed by atoms with Gasteiger partial charge in [0, 0.05) is 39.0 Å². The van der Waals surface area contributed by atoms with E-state index in [0.29, 0.717) is 0 Å². The highest BCUT2D eigenvalue weighted by Crippen LogP contribution is 2.30. The molecule has 0 bridgehead atoms. The molecule has 0 aliphatic carbocycles. The molecular weight excluding hydrogens is 438 g/mol. The van der Waals surface area contributed by atoms with Gasteiger partial charge < -0.3 is 0 Å². The van der Waals surface area contributed by atoms with Gasteiger partial charge >= 0.3 is 0 Å². The van der Waals surface area contributed by atoms with Crippen molar-refractivity contribution in [1.82, 2.24) is 15.0 Å². The SMILES string of the molecule is c1ccc(-c2ccc3ccc4ccc(-c5cccc(-c6cc7ccccc7cn6)c5)nc4c3n2)cc1. The molecule has 0 fully saturated rings. The van der Waals surface area contributed by atoms with Crippen molar-refractivity contribution >= 4 is 32.6 Å². The van der Waals surface area contributed by atoms with Gasteiger partial charge in [-0.15, -0.1) is 0 Å². The summed E-state index contributed by atoms with van der Waals surface area (Å²) in [5.41, 5.74) is 7.89. The van der Waals surface area contributed by atoms with Crippen molar-refractivity contribution in [1.29, 1.82) is 0 Å². The van der Waals surface area contributed by atoms with Crippen LogP contribution in [0.2, 0.25) is 0 Å². The van der Waals surface area contributed by atoms with E-state index in [-0.39, 0.29) is 0 Å². The first-order chi connectivity index (χ1) is 17.8. The van der Waals surface area contributed by atoms with Gasteiger partial charge in [-0.05, 0) is 29.7 Å². The Morgan fingerprint density at radius 3 is 1.64 bits per heavy atom. The Bertz CT molecular complexity index is 1890. The van der Waals surface area contributed by atoms with Crippen molar-refractivity contribution in [3.8, 4) is 33.8 Å². The minimum absolute atomic E-state index is 0.914. The highest BCUT2D eigenvalue weighted by molar-refractivity contribution is 6.04. The lowest BCUT2D eigenvalue weighted by Crippen LogP contribution is -1.91. The van der Waals surface area contributed by atoms with E-state index in [9.17, 15) is 0 Å². The average molecular weight is 460 g/mol. The number of nitrogens with zero attached hydrogens (tertiary/aromatic N) is 3. The Morgan fingerprint density at radius 2 is 0.917 bits per heavy atom. The Kier molecular flexibility index (Phi) is 4.78. The zero-order chi connectivity index (χ0) is 23.9. The van der Waals surface area contributed by atoms with Gasteiger partial charge in [0.1, 0.15) is 0 Å². The quantitative estimate of drug-likeness (QED) is 0.249. The molecule has 0 unspecified atom stereocenters. The molecule has 0 aliphatic rings. The summed E-state index contributed by atoms with van der Waals surface area (Å²) in [7, 11) is 0. The van der Waals surface area contributed by atoms with E-state index in [1.807, 2.05) is 30.5 Å². The molecule has 0 aliphatic heterocycles. The van der Waals surface area contributed by atoms with E-state index in [1.165, 1.54) is 5.39 Å². The molecule has 3 aromatic heterocycles. The first kappa shape index (κ1) is 20.5. The van der Waals surface area contributed by atoms with E-state index in [0.717, 1.165) is 61.0 Å². The minimum Gasteiger partial charge on any atom is -0.256 e. The second kappa shape index (κ2) is 8.40. The van der Waals surface area contributed by atoms with Crippen LogP contribution in [0.4, 0.5) is 0 Å². The predicted molar refractivity (Wildman–Crippen MR) is 149 cm³/mol. The van der Waals surface area contributed by atoms with Crippen LogP contribution in [0, 0.1) is 0 Å². The maximum absolute atomic E-state index is 5.11. The molecule has 4 aromatic carbocycles. The van der Waals surface area contributed by atoms with Crippen molar-refractivity contribution in [2.75, 3.05) is 0 Å². The Hall–Kier alpha value is -4.89. The number of hydrogen-bond acceptors (Lipinski definition) is 3. The van der Waals surface area contributed by atoms with E-state index < -0.39 is 0 Å². The number of fused-ring (bicyclic) bond motifs is 4. The molecule has 0 saturated heterocycles. The fourth-order valence-corrected chi connectivity index (χ4v) is 4.78. The molecule has 0 saturated carbocycles. The molecule has 36 heavy (non-hydrogen) atoms. The maximum Gasteiger partial charge on any atom is 0.0972 e. The van der Waals surface area contributed by atoms with Gasteiger partial charge in [0.25, 0.3) is 0 Å². The van der Waals surface area contributed by atoms with Crippen LogP contribution in [0.25, 0.3) is 66.4 Å². The molecule has 0 amide bonds. The van der Waals surface area contributed by atoms with Crippen molar-refractivity contribution in [2.45, 2.75) is 0 Å². The van der Waals surface area contributed by atoms with Gasteiger partial charge in [-0.2, -0.15) is 0 Å². The number of benzene rings is 4. The highest BCUT2D eigenvalue weighted by Gasteiger charge is 2.10. The summed E-state index contributed by atoms with van der Waals surface area (Å²) in [6.45, 7) is 0. The third-order valence-corrected chi connectivity index (χ3v) is 6.67. The van der Waals surface area contributed by atoms with Crippen LogP contribution in [-0.2, 0) is 0 Å².